The van der Waals surface area contributed by atoms with Crippen molar-refractivity contribution in [3.63, 3.8) is 0 Å². The van der Waals surface area contributed by atoms with Crippen molar-refractivity contribution in [2.75, 3.05) is 0 Å². The molecule has 27 heavy (non-hydrogen) atoms. The molecule has 3 heterocycles. The van der Waals surface area contributed by atoms with Crippen molar-refractivity contribution in [3.8, 4) is 0 Å². The van der Waals surface area contributed by atoms with Gasteiger partial charge < -0.3 is 4.90 Å². The van der Waals surface area contributed by atoms with Crippen LogP contribution in [0.15, 0.2) is 46.7 Å². The number of amides is 1. The molecule has 1 aromatic carbocycles. The predicted molar refractivity (Wildman–Crippen MR) is 108 cm³/mol. The number of carbonyl (C=O) groups is 1. The second-order valence-electron chi connectivity index (χ2n) is 7.66. The van der Waals surface area contributed by atoms with Gasteiger partial charge in [0.1, 0.15) is 0 Å². The van der Waals surface area contributed by atoms with Crippen LogP contribution in [0.4, 0.5) is 0 Å². The van der Waals surface area contributed by atoms with E-state index in [1.54, 1.807) is 35.6 Å². The largest absolute Gasteiger partial charge is 0.337 e. The maximum absolute atomic E-state index is 13.0. The van der Waals surface area contributed by atoms with Crippen LogP contribution in [0.3, 0.4) is 0 Å². The summed E-state index contributed by atoms with van der Waals surface area (Å²) < 4.78 is 26.0. The van der Waals surface area contributed by atoms with Crippen molar-refractivity contribution < 1.29 is 13.2 Å². The third-order valence-electron chi connectivity index (χ3n) is 6.02. The Bertz CT molecular complexity index is 906. The minimum atomic E-state index is -3.33. The molecule has 1 aromatic heterocycles. The van der Waals surface area contributed by atoms with Crippen LogP contribution in [0.5, 0.6) is 0 Å². The number of thiophene rings is 1. The molecule has 2 aliphatic heterocycles. The van der Waals surface area contributed by atoms with Gasteiger partial charge in [0.05, 0.1) is 10.1 Å². The van der Waals surface area contributed by atoms with Gasteiger partial charge in [-0.2, -0.15) is 0 Å². The summed E-state index contributed by atoms with van der Waals surface area (Å²) in [5, 5.41) is 1.69. The first-order chi connectivity index (χ1) is 13.0. The van der Waals surface area contributed by atoms with Gasteiger partial charge in [-0.3, -0.25) is 4.79 Å². The average Bonchev–Trinajstić information content (AvgIpc) is 3.20. The third-order valence-corrected chi connectivity index (χ3v) is 9.30. The molecule has 2 bridgehead atoms. The molecule has 0 N–H and O–H groups in total. The van der Waals surface area contributed by atoms with Gasteiger partial charge in [0, 0.05) is 23.4 Å². The van der Waals surface area contributed by atoms with E-state index in [0.29, 0.717) is 24.2 Å². The highest BCUT2D eigenvalue weighted by molar-refractivity contribution is 7.92. The fourth-order valence-electron chi connectivity index (χ4n) is 4.60. The molecule has 0 radical (unpaired) electrons. The molecule has 2 fully saturated rings. The highest BCUT2D eigenvalue weighted by Gasteiger charge is 2.46. The van der Waals surface area contributed by atoms with E-state index in [2.05, 4.69) is 18.4 Å². The summed E-state index contributed by atoms with van der Waals surface area (Å²) >= 11 is 1.71. The maximum Gasteiger partial charge on any atom is 0.223 e. The first kappa shape index (κ1) is 18.7. The quantitative estimate of drug-likeness (QED) is 0.759. The molecule has 0 saturated carbocycles. The highest BCUT2D eigenvalue weighted by atomic mass is 32.2. The number of hydrogen-bond acceptors (Lipinski definition) is 4. The fourth-order valence-corrected chi connectivity index (χ4v) is 7.38. The Morgan fingerprint density at radius 1 is 1.11 bits per heavy atom. The third kappa shape index (κ3) is 3.57. The number of aryl methyl sites for hydroxylation is 2. The number of sulfone groups is 1. The lowest BCUT2D eigenvalue weighted by Gasteiger charge is -2.38. The summed E-state index contributed by atoms with van der Waals surface area (Å²) in [4.78, 5) is 16.6. The Morgan fingerprint density at radius 3 is 2.37 bits per heavy atom. The first-order valence-electron chi connectivity index (χ1n) is 9.60. The zero-order valence-corrected chi connectivity index (χ0v) is 17.1. The number of carbonyl (C=O) groups excluding carboxylic acids is 1. The van der Waals surface area contributed by atoms with Crippen molar-refractivity contribution in [2.24, 2.45) is 0 Å². The first-order valence-corrected chi connectivity index (χ1v) is 12.0. The second-order valence-corrected chi connectivity index (χ2v) is 10.9. The van der Waals surface area contributed by atoms with E-state index in [-0.39, 0.29) is 23.2 Å². The molecule has 0 unspecified atom stereocenters. The Labute approximate surface area is 165 Å². The van der Waals surface area contributed by atoms with Gasteiger partial charge in [0.25, 0.3) is 0 Å². The minimum Gasteiger partial charge on any atom is -0.337 e. The molecule has 2 aliphatic rings. The number of benzene rings is 1. The van der Waals surface area contributed by atoms with Gasteiger partial charge in [-0.05, 0) is 68.2 Å². The summed E-state index contributed by atoms with van der Waals surface area (Å²) in [5.41, 5.74) is 1.25. The lowest BCUT2D eigenvalue weighted by molar-refractivity contribution is -0.135. The van der Waals surface area contributed by atoms with Crippen LogP contribution >= 0.6 is 11.3 Å². The standard InChI is InChI=1S/C21H25NO3S2/c1-15-11-12-26-20(15)9-10-21(23)22-16-7-8-17(22)14-19(13-16)27(24,25)18-5-3-2-4-6-18/h2-6,11-12,16-17,19H,7-10,13-14H2,1H3/t16-,17-/m0/s1. The van der Waals surface area contributed by atoms with E-state index < -0.39 is 9.84 Å². The van der Waals surface area contributed by atoms with Crippen LogP contribution in [0.1, 0.15) is 42.5 Å². The summed E-state index contributed by atoms with van der Waals surface area (Å²) in [6, 6.07) is 11.0. The summed E-state index contributed by atoms with van der Waals surface area (Å²) in [6.07, 6.45) is 4.29. The van der Waals surface area contributed by atoms with E-state index in [1.165, 1.54) is 10.4 Å². The molecule has 0 spiro atoms. The van der Waals surface area contributed by atoms with Gasteiger partial charge in [-0.1, -0.05) is 18.2 Å². The van der Waals surface area contributed by atoms with Gasteiger partial charge in [0.15, 0.2) is 9.84 Å². The van der Waals surface area contributed by atoms with E-state index in [9.17, 15) is 13.2 Å². The number of fused-ring (bicyclic) bond motifs is 2. The Balaban J connectivity index is 1.44. The van der Waals surface area contributed by atoms with Crippen LogP contribution in [0.2, 0.25) is 0 Å². The van der Waals surface area contributed by atoms with E-state index in [0.717, 1.165) is 19.3 Å². The topological polar surface area (TPSA) is 54.5 Å². The van der Waals surface area contributed by atoms with Gasteiger partial charge >= 0.3 is 0 Å². The second kappa shape index (κ2) is 7.40. The van der Waals surface area contributed by atoms with E-state index in [4.69, 9.17) is 0 Å². The van der Waals surface area contributed by atoms with Crippen LogP contribution in [0, 0.1) is 6.92 Å². The molecule has 4 rings (SSSR count). The van der Waals surface area contributed by atoms with Crippen LogP contribution in [-0.2, 0) is 21.1 Å². The number of nitrogens with zero attached hydrogens (tertiary/aromatic N) is 1. The molecular weight excluding hydrogens is 378 g/mol. The zero-order chi connectivity index (χ0) is 19.0. The normalized spacial score (nSPS) is 24.9. The lowest BCUT2D eigenvalue weighted by atomic mass is 10.0. The fraction of sp³-hybridized carbons (Fsp3) is 0.476. The number of piperidine rings is 1. The molecule has 2 atom stereocenters. The van der Waals surface area contributed by atoms with Crippen LogP contribution in [0.25, 0.3) is 0 Å². The summed E-state index contributed by atoms with van der Waals surface area (Å²) in [5.74, 6) is 0.186. The molecule has 2 saturated heterocycles. The monoisotopic (exact) mass is 403 g/mol. The smallest absolute Gasteiger partial charge is 0.223 e. The summed E-state index contributed by atoms with van der Waals surface area (Å²) in [6.45, 7) is 2.08. The highest BCUT2D eigenvalue weighted by Crippen LogP contribution is 2.40. The molecule has 1 amide bonds. The van der Waals surface area contributed by atoms with Gasteiger partial charge in [0.2, 0.25) is 5.91 Å². The molecule has 4 nitrogen and oxygen atoms in total. The van der Waals surface area contributed by atoms with Gasteiger partial charge in [-0.25, -0.2) is 8.42 Å². The van der Waals surface area contributed by atoms with Crippen molar-refractivity contribution in [3.05, 3.63) is 52.2 Å². The van der Waals surface area contributed by atoms with E-state index in [1.807, 2.05) is 11.0 Å². The zero-order valence-electron chi connectivity index (χ0n) is 15.5. The molecule has 2 aromatic rings. The Morgan fingerprint density at radius 2 is 1.78 bits per heavy atom. The van der Waals surface area contributed by atoms with Crippen molar-refractivity contribution in [1.82, 2.24) is 4.90 Å². The molecule has 144 valence electrons. The van der Waals surface area contributed by atoms with Crippen molar-refractivity contribution in [1.29, 1.82) is 0 Å². The lowest BCUT2D eigenvalue weighted by Crippen LogP contribution is -2.49. The van der Waals surface area contributed by atoms with Crippen LogP contribution in [-0.4, -0.2) is 36.6 Å². The maximum atomic E-state index is 13.0. The molecular formula is C21H25NO3S2. The molecule has 6 heteroatoms. The summed E-state index contributed by atoms with van der Waals surface area (Å²) in [7, 11) is -3.33. The Hall–Kier alpha value is -1.66. The number of rotatable bonds is 5. The minimum absolute atomic E-state index is 0.0733. The van der Waals surface area contributed by atoms with E-state index >= 15 is 0 Å². The van der Waals surface area contributed by atoms with Crippen LogP contribution < -0.4 is 0 Å². The Kier molecular flexibility index (Phi) is 5.12. The van der Waals surface area contributed by atoms with Crippen molar-refractivity contribution >= 4 is 27.1 Å². The van der Waals surface area contributed by atoms with Gasteiger partial charge in [-0.15, -0.1) is 11.3 Å². The van der Waals surface area contributed by atoms with Crippen molar-refractivity contribution in [2.45, 2.75) is 67.7 Å². The molecule has 0 aliphatic carbocycles. The number of hydrogen-bond donors (Lipinski definition) is 0. The SMILES string of the molecule is Cc1ccsc1CCC(=O)N1[C@H]2CC[C@H]1CC(S(=O)(=O)c1ccccc1)C2. The average molecular weight is 404 g/mol. The predicted octanol–water partition coefficient (Wildman–Crippen LogP) is 3.99.